The third-order valence-corrected chi connectivity index (χ3v) is 7.36. The number of nitriles is 1. The number of piperidine rings is 1. The predicted molar refractivity (Wildman–Crippen MR) is 151 cm³/mol. The van der Waals surface area contributed by atoms with Crippen molar-refractivity contribution in [1.82, 2.24) is 14.5 Å². The molecule has 0 aliphatic carbocycles. The highest BCUT2D eigenvalue weighted by atomic mass is 35.5. The van der Waals surface area contributed by atoms with Crippen molar-refractivity contribution in [2.24, 2.45) is 18.4 Å². The van der Waals surface area contributed by atoms with Gasteiger partial charge in [-0.1, -0.05) is 24.3 Å². The number of fused-ring (bicyclic) bond motifs is 2. The van der Waals surface area contributed by atoms with Crippen LogP contribution in [0.3, 0.4) is 0 Å². The lowest BCUT2D eigenvalue weighted by molar-refractivity contribution is -0.142. The molecule has 3 heterocycles. The van der Waals surface area contributed by atoms with Crippen molar-refractivity contribution in [2.45, 2.75) is 46.5 Å². The van der Waals surface area contributed by atoms with E-state index in [0.29, 0.717) is 24.5 Å². The molecule has 2 aromatic carbocycles. The number of ether oxygens (including phenoxy) is 1. The van der Waals surface area contributed by atoms with E-state index in [1.165, 1.54) is 0 Å². The van der Waals surface area contributed by atoms with E-state index >= 15 is 0 Å². The molecule has 0 amide bonds. The summed E-state index contributed by atoms with van der Waals surface area (Å²) in [6, 6.07) is 14.3. The lowest BCUT2D eigenvalue weighted by Gasteiger charge is -2.33. The maximum Gasteiger partial charge on any atom is 0.316 e. The minimum Gasteiger partial charge on any atom is -0.426 e. The van der Waals surface area contributed by atoms with Gasteiger partial charge in [-0.25, -0.2) is 4.98 Å². The number of hydrogen-bond acceptors (Lipinski definition) is 6. The van der Waals surface area contributed by atoms with Gasteiger partial charge in [-0.2, -0.15) is 10.2 Å². The number of aryl methyl sites for hydroxylation is 1. The van der Waals surface area contributed by atoms with Crippen LogP contribution >= 0.6 is 11.6 Å². The Morgan fingerprint density at radius 3 is 2.79 bits per heavy atom. The quantitative estimate of drug-likeness (QED) is 0.168. The number of aromatic nitrogens is 3. The Hall–Kier alpha value is -3.63. The van der Waals surface area contributed by atoms with Crippen molar-refractivity contribution >= 4 is 45.2 Å². The summed E-state index contributed by atoms with van der Waals surface area (Å²) >= 11 is 6.46. The Bertz CT molecular complexity index is 1560. The topological polar surface area (TPSA) is 84.0 Å². The number of carbonyl (C=O) groups is 1. The van der Waals surface area contributed by atoms with E-state index in [9.17, 15) is 10.1 Å². The summed E-state index contributed by atoms with van der Waals surface area (Å²) in [5.41, 5.74) is 3.44. The van der Waals surface area contributed by atoms with Crippen molar-refractivity contribution in [3.8, 4) is 11.8 Å². The molecule has 1 atom stereocenters. The first-order chi connectivity index (χ1) is 18.1. The molecule has 196 valence electrons. The zero-order chi connectivity index (χ0) is 27.0. The molecule has 1 aliphatic rings. The fraction of sp³-hybridized carbons (Fsp3) is 0.400. The van der Waals surface area contributed by atoms with Crippen LogP contribution in [0.2, 0.25) is 5.28 Å². The third-order valence-electron chi connectivity index (χ3n) is 7.19. The summed E-state index contributed by atoms with van der Waals surface area (Å²) in [7, 11) is 2.02. The SMILES string of the molecule is Cn1cc(Cc2cccc3cc(OC(=O)C(C)(C)C)ccc23)c2nc(Cl)nc(N3CCC[C@@H](CC#N)C3)c21. The van der Waals surface area contributed by atoms with E-state index in [2.05, 4.69) is 37.8 Å². The minimum atomic E-state index is -0.571. The monoisotopic (exact) mass is 529 g/mol. The van der Waals surface area contributed by atoms with Crippen molar-refractivity contribution in [1.29, 1.82) is 5.26 Å². The molecule has 0 spiro atoms. The van der Waals surface area contributed by atoms with Crippen molar-refractivity contribution < 1.29 is 9.53 Å². The molecule has 0 N–H and O–H groups in total. The molecule has 5 rings (SSSR count). The van der Waals surface area contributed by atoms with Crippen LogP contribution in [0.25, 0.3) is 21.8 Å². The zero-order valence-corrected chi connectivity index (χ0v) is 23.0. The molecular formula is C30H32ClN5O2. The standard InChI is InChI=1S/C30H32ClN5O2/c1-30(2,3)28(37)38-23-10-11-24-20(8-5-9-21(24)16-23)15-22-18-35(4)26-25(22)33-29(31)34-27(26)36-14-6-7-19(17-36)12-13-32/h5,8-11,16,18-19H,6-7,12,14-15,17H2,1-4H3/t19-/m0/s1. The summed E-state index contributed by atoms with van der Waals surface area (Å²) < 4.78 is 7.70. The molecule has 0 unspecified atom stereocenters. The second-order valence-electron chi connectivity index (χ2n) is 11.2. The summed E-state index contributed by atoms with van der Waals surface area (Å²) in [5.74, 6) is 1.45. The molecular weight excluding hydrogens is 498 g/mol. The average Bonchev–Trinajstić information content (AvgIpc) is 3.18. The molecule has 0 radical (unpaired) electrons. The van der Waals surface area contributed by atoms with E-state index in [0.717, 1.165) is 64.7 Å². The summed E-state index contributed by atoms with van der Waals surface area (Å²) in [6.07, 6.45) is 5.40. The fourth-order valence-electron chi connectivity index (χ4n) is 5.24. The number of benzene rings is 2. The van der Waals surface area contributed by atoms with Crippen molar-refractivity contribution in [2.75, 3.05) is 18.0 Å². The van der Waals surface area contributed by atoms with E-state index < -0.39 is 5.41 Å². The van der Waals surface area contributed by atoms with E-state index in [1.807, 2.05) is 58.2 Å². The highest BCUT2D eigenvalue weighted by Crippen LogP contribution is 2.34. The van der Waals surface area contributed by atoms with Crippen LogP contribution in [-0.2, 0) is 18.3 Å². The van der Waals surface area contributed by atoms with Gasteiger partial charge in [-0.15, -0.1) is 0 Å². The maximum absolute atomic E-state index is 12.4. The Balaban J connectivity index is 1.49. The lowest BCUT2D eigenvalue weighted by atomic mass is 9.95. The lowest BCUT2D eigenvalue weighted by Crippen LogP contribution is -2.36. The van der Waals surface area contributed by atoms with Crippen LogP contribution in [0.5, 0.6) is 5.75 Å². The molecule has 8 heteroatoms. The number of carbonyl (C=O) groups excluding carboxylic acids is 1. The van der Waals surface area contributed by atoms with Crippen molar-refractivity contribution in [3.05, 3.63) is 59.0 Å². The number of esters is 1. The van der Waals surface area contributed by atoms with Crippen molar-refractivity contribution in [3.63, 3.8) is 0 Å². The predicted octanol–water partition coefficient (Wildman–Crippen LogP) is 6.45. The number of hydrogen-bond donors (Lipinski definition) is 0. The summed E-state index contributed by atoms with van der Waals surface area (Å²) in [6.45, 7) is 7.21. The highest BCUT2D eigenvalue weighted by Gasteiger charge is 2.26. The fourth-order valence-corrected chi connectivity index (χ4v) is 5.40. The number of halogens is 1. The molecule has 1 aliphatic heterocycles. The van der Waals surface area contributed by atoms with Crippen LogP contribution in [0, 0.1) is 22.7 Å². The van der Waals surface area contributed by atoms with Crippen LogP contribution < -0.4 is 9.64 Å². The number of nitrogens with zero attached hydrogens (tertiary/aromatic N) is 5. The van der Waals surface area contributed by atoms with Gasteiger partial charge in [0.25, 0.3) is 0 Å². The molecule has 1 saturated heterocycles. The molecule has 4 aromatic rings. The Labute approximate surface area is 228 Å². The first-order valence-electron chi connectivity index (χ1n) is 13.0. The highest BCUT2D eigenvalue weighted by molar-refractivity contribution is 6.28. The van der Waals surface area contributed by atoms with Gasteiger partial charge < -0.3 is 14.2 Å². The Morgan fingerprint density at radius 2 is 2.03 bits per heavy atom. The first-order valence-corrected chi connectivity index (χ1v) is 13.4. The second-order valence-corrected chi connectivity index (χ2v) is 11.5. The smallest absolute Gasteiger partial charge is 0.316 e. The normalized spacial score (nSPS) is 16.1. The minimum absolute atomic E-state index is 0.227. The van der Waals surface area contributed by atoms with Gasteiger partial charge >= 0.3 is 5.97 Å². The molecule has 7 nitrogen and oxygen atoms in total. The van der Waals surface area contributed by atoms with E-state index in [4.69, 9.17) is 16.3 Å². The van der Waals surface area contributed by atoms with Crippen LogP contribution in [-0.4, -0.2) is 33.6 Å². The Kier molecular flexibility index (Phi) is 7.02. The van der Waals surface area contributed by atoms with Crippen LogP contribution in [0.4, 0.5) is 5.82 Å². The zero-order valence-electron chi connectivity index (χ0n) is 22.3. The van der Waals surface area contributed by atoms with E-state index in [1.54, 1.807) is 0 Å². The second kappa shape index (κ2) is 10.3. The van der Waals surface area contributed by atoms with E-state index in [-0.39, 0.29) is 11.3 Å². The average molecular weight is 530 g/mol. The number of rotatable bonds is 5. The molecule has 0 bridgehead atoms. The van der Waals surface area contributed by atoms with Crippen LogP contribution in [0.1, 0.15) is 51.2 Å². The first kappa shape index (κ1) is 26.0. The molecule has 38 heavy (non-hydrogen) atoms. The largest absolute Gasteiger partial charge is 0.426 e. The summed E-state index contributed by atoms with van der Waals surface area (Å²) in [4.78, 5) is 23.9. The Morgan fingerprint density at radius 1 is 1.21 bits per heavy atom. The van der Waals surface area contributed by atoms with Gasteiger partial charge in [-0.3, -0.25) is 4.79 Å². The number of anilines is 1. The van der Waals surface area contributed by atoms with Gasteiger partial charge in [0.2, 0.25) is 5.28 Å². The van der Waals surface area contributed by atoms with Gasteiger partial charge in [0.1, 0.15) is 11.3 Å². The third kappa shape index (κ3) is 5.19. The molecule has 1 fully saturated rings. The van der Waals surface area contributed by atoms with Gasteiger partial charge in [0, 0.05) is 44.7 Å². The van der Waals surface area contributed by atoms with Gasteiger partial charge in [0.15, 0.2) is 5.82 Å². The van der Waals surface area contributed by atoms with Gasteiger partial charge in [0.05, 0.1) is 17.0 Å². The summed E-state index contributed by atoms with van der Waals surface area (Å²) in [5, 5.41) is 11.5. The van der Waals surface area contributed by atoms with Gasteiger partial charge in [-0.05, 0) is 79.6 Å². The molecule has 0 saturated carbocycles. The van der Waals surface area contributed by atoms with Crippen LogP contribution in [0.15, 0.2) is 42.6 Å². The molecule has 2 aromatic heterocycles. The maximum atomic E-state index is 12.4.